The van der Waals surface area contributed by atoms with Gasteiger partial charge in [-0.2, -0.15) is 0 Å². The second-order valence-corrected chi connectivity index (χ2v) is 24.4. The molecule has 87 heavy (non-hydrogen) atoms. The molecule has 0 aromatic rings. The summed E-state index contributed by atoms with van der Waals surface area (Å²) >= 11 is 0. The Labute approximate surface area is 535 Å². The van der Waals surface area contributed by atoms with Crippen LogP contribution in [-0.4, -0.2) is 49.3 Å². The zero-order chi connectivity index (χ0) is 63.0. The van der Waals surface area contributed by atoms with Crippen LogP contribution >= 0.6 is 7.82 Å². The lowest BCUT2D eigenvalue weighted by Crippen LogP contribution is -2.29. The zero-order valence-electron chi connectivity index (χ0n) is 55.7. The Balaban J connectivity index is 3.88. The molecule has 0 aliphatic carbocycles. The molecule has 9 nitrogen and oxygen atoms in total. The second kappa shape index (κ2) is 71.0. The topological polar surface area (TPSA) is 134 Å². The van der Waals surface area contributed by atoms with Gasteiger partial charge in [0.2, 0.25) is 0 Å². The molecule has 0 aliphatic rings. The van der Waals surface area contributed by atoms with Crippen LogP contribution in [0.5, 0.6) is 0 Å². The number of unbranched alkanes of at least 4 members (excludes halogenated alkanes) is 28. The van der Waals surface area contributed by atoms with Gasteiger partial charge in [0.05, 0.1) is 13.2 Å². The Morgan fingerprint density at radius 2 is 0.598 bits per heavy atom. The van der Waals surface area contributed by atoms with Crippen molar-refractivity contribution in [3.05, 3.63) is 146 Å². The Morgan fingerprint density at radius 3 is 0.885 bits per heavy atom. The maximum absolute atomic E-state index is 12.8. The van der Waals surface area contributed by atoms with Crippen LogP contribution in [0.3, 0.4) is 0 Å². The summed E-state index contributed by atoms with van der Waals surface area (Å²) in [7, 11) is -4.40. The minimum Gasteiger partial charge on any atom is -0.462 e. The number of hydrogen-bond acceptors (Lipinski definition) is 8. The van der Waals surface area contributed by atoms with Gasteiger partial charge in [-0.05, 0) is 116 Å². The number of hydrogen-bond donors (Lipinski definition) is 2. The first-order valence-corrected chi connectivity index (χ1v) is 36.8. The molecule has 0 saturated heterocycles. The summed E-state index contributed by atoms with van der Waals surface area (Å²) in [4.78, 5) is 35.4. The fourth-order valence-electron chi connectivity index (χ4n) is 9.59. The van der Waals surface area contributed by atoms with Crippen LogP contribution in [0.4, 0.5) is 0 Å². The van der Waals surface area contributed by atoms with Gasteiger partial charge >= 0.3 is 19.8 Å². The number of allylic oxidation sites excluding steroid dienone is 24. The number of carbonyl (C=O) groups is 2. The van der Waals surface area contributed by atoms with E-state index >= 15 is 0 Å². The summed E-state index contributed by atoms with van der Waals surface area (Å²) in [5, 5.41) is 0. The van der Waals surface area contributed by atoms with Crippen molar-refractivity contribution in [3.8, 4) is 0 Å². The molecule has 0 rings (SSSR count). The highest BCUT2D eigenvalue weighted by Gasteiger charge is 2.26. The fraction of sp³-hybridized carbons (Fsp3) is 0.662. The highest BCUT2D eigenvalue weighted by atomic mass is 31.2. The lowest BCUT2D eigenvalue weighted by atomic mass is 10.0. The summed E-state index contributed by atoms with van der Waals surface area (Å²) in [5.41, 5.74) is 5.40. The SMILES string of the molecule is CC/C=C\C/C=C\C/C=C\C/C=C\C/C=C\C/C=C\CCCCCCCCCCCCCCCCCCCCCCC(=O)OC(COC(=O)CCCCCCCCCC/C=C\C/C=C\C/C=C\C/C=C\C/C=C\C/C=C\CC)COP(=O)(O)OCCN. The Hall–Kier alpha value is -4.11. The van der Waals surface area contributed by atoms with Crippen LogP contribution in [0, 0.1) is 0 Å². The number of phosphoric ester groups is 1. The monoisotopic (exact) mass is 1230 g/mol. The Kier molecular flexibility index (Phi) is 67.6. The molecular formula is C77H130NO8P. The highest BCUT2D eigenvalue weighted by molar-refractivity contribution is 7.47. The van der Waals surface area contributed by atoms with Crippen molar-refractivity contribution >= 4 is 19.8 Å². The van der Waals surface area contributed by atoms with Crippen LogP contribution < -0.4 is 5.73 Å². The van der Waals surface area contributed by atoms with E-state index in [-0.39, 0.29) is 38.6 Å². The predicted octanol–water partition coefficient (Wildman–Crippen LogP) is 23.4. The first kappa shape index (κ1) is 82.9. The normalized spacial score (nSPS) is 13.8. The van der Waals surface area contributed by atoms with Crippen molar-refractivity contribution in [2.45, 2.75) is 302 Å². The summed E-state index contributed by atoms with van der Waals surface area (Å²) < 4.78 is 33.2. The van der Waals surface area contributed by atoms with Crippen LogP contribution in [-0.2, 0) is 32.7 Å². The first-order chi connectivity index (χ1) is 42.8. The number of esters is 2. The number of ether oxygens (including phenoxy) is 2. The van der Waals surface area contributed by atoms with E-state index in [9.17, 15) is 19.0 Å². The summed E-state index contributed by atoms with van der Waals surface area (Å²) in [5.74, 6) is -0.835. The Morgan fingerprint density at radius 1 is 0.345 bits per heavy atom. The van der Waals surface area contributed by atoms with Crippen LogP contribution in [0.2, 0.25) is 0 Å². The van der Waals surface area contributed by atoms with Crippen LogP contribution in [0.1, 0.15) is 296 Å². The molecule has 3 N–H and O–H groups in total. The quantitative estimate of drug-likeness (QED) is 0.0264. The van der Waals surface area contributed by atoms with Crippen LogP contribution in [0.25, 0.3) is 0 Å². The molecule has 0 heterocycles. The number of rotatable bonds is 65. The minimum absolute atomic E-state index is 0.0471. The highest BCUT2D eigenvalue weighted by Crippen LogP contribution is 2.43. The third-order valence-electron chi connectivity index (χ3n) is 14.7. The lowest BCUT2D eigenvalue weighted by molar-refractivity contribution is -0.161. The van der Waals surface area contributed by atoms with E-state index < -0.39 is 26.5 Å². The minimum atomic E-state index is -4.40. The van der Waals surface area contributed by atoms with E-state index in [4.69, 9.17) is 24.3 Å². The molecule has 0 aromatic carbocycles. The average molecular weight is 1230 g/mol. The van der Waals surface area contributed by atoms with Gasteiger partial charge in [-0.15, -0.1) is 0 Å². The molecule has 0 radical (unpaired) electrons. The average Bonchev–Trinajstić information content (AvgIpc) is 3.64. The van der Waals surface area contributed by atoms with Gasteiger partial charge in [0, 0.05) is 19.4 Å². The van der Waals surface area contributed by atoms with Gasteiger partial charge in [0.25, 0.3) is 0 Å². The molecule has 0 aromatic heterocycles. The zero-order valence-corrected chi connectivity index (χ0v) is 56.6. The van der Waals surface area contributed by atoms with E-state index in [0.717, 1.165) is 128 Å². The van der Waals surface area contributed by atoms with Gasteiger partial charge in [-0.25, -0.2) is 4.57 Å². The van der Waals surface area contributed by atoms with Crippen molar-refractivity contribution < 1.29 is 37.6 Å². The molecule has 496 valence electrons. The molecule has 2 unspecified atom stereocenters. The van der Waals surface area contributed by atoms with Gasteiger partial charge in [-0.3, -0.25) is 18.6 Å². The van der Waals surface area contributed by atoms with E-state index in [0.29, 0.717) is 6.42 Å². The van der Waals surface area contributed by atoms with Gasteiger partial charge in [0.15, 0.2) is 6.10 Å². The second-order valence-electron chi connectivity index (χ2n) is 23.0. The predicted molar refractivity (Wildman–Crippen MR) is 376 cm³/mol. The maximum atomic E-state index is 12.8. The van der Waals surface area contributed by atoms with Crippen molar-refractivity contribution in [3.63, 3.8) is 0 Å². The molecule has 0 aliphatic heterocycles. The molecule has 2 atom stereocenters. The van der Waals surface area contributed by atoms with E-state index in [1.807, 2.05) is 0 Å². The summed E-state index contributed by atoms with van der Waals surface area (Å²) in [6, 6.07) is 0. The smallest absolute Gasteiger partial charge is 0.462 e. The number of nitrogens with two attached hydrogens (primary N) is 1. The van der Waals surface area contributed by atoms with Crippen molar-refractivity contribution in [2.24, 2.45) is 5.73 Å². The van der Waals surface area contributed by atoms with Gasteiger partial charge in [-0.1, -0.05) is 314 Å². The fourth-order valence-corrected chi connectivity index (χ4v) is 10.4. The van der Waals surface area contributed by atoms with Crippen molar-refractivity contribution in [1.82, 2.24) is 0 Å². The number of carbonyl (C=O) groups excluding carboxylic acids is 2. The molecule has 0 spiro atoms. The first-order valence-electron chi connectivity index (χ1n) is 35.3. The molecule has 0 fully saturated rings. The largest absolute Gasteiger partial charge is 0.472 e. The lowest BCUT2D eigenvalue weighted by Gasteiger charge is -2.19. The van der Waals surface area contributed by atoms with Crippen LogP contribution in [0.15, 0.2) is 146 Å². The third kappa shape index (κ3) is 70.8. The molecule has 0 bridgehead atoms. The molecule has 0 amide bonds. The maximum Gasteiger partial charge on any atom is 0.472 e. The van der Waals surface area contributed by atoms with E-state index in [1.54, 1.807) is 0 Å². The number of phosphoric acid groups is 1. The van der Waals surface area contributed by atoms with Crippen molar-refractivity contribution in [1.29, 1.82) is 0 Å². The summed E-state index contributed by atoms with van der Waals surface area (Å²) in [6.07, 6.45) is 102. The Bertz CT molecular complexity index is 1940. The molecule has 10 heteroatoms. The van der Waals surface area contributed by atoms with Crippen molar-refractivity contribution in [2.75, 3.05) is 26.4 Å². The van der Waals surface area contributed by atoms with Gasteiger partial charge in [0.1, 0.15) is 6.61 Å². The standard InChI is InChI=1S/C77H130NO8P/c1-3-5-7-9-11-13-15-17-19-21-23-25-27-29-31-32-33-34-35-36-37-38-39-40-41-42-44-46-48-50-52-54-56-58-60-62-64-66-68-70-77(80)86-75(74-85-87(81,82)84-72-71-78)73-83-76(79)69-67-65-63-61-59-57-55-53-51-49-47-45-43-30-28-26-24-22-20-18-16-14-12-10-8-6-4-2/h5-8,11-14,17-20,23-26,29-31,33-34,43,47,49,75H,3-4,9-10,15-16,21-22,27-28,32,35-42,44-46,48,50-74,78H2,1-2H3,(H,81,82)/b7-5-,8-6-,13-11-,14-12-,19-17-,20-18-,25-23-,26-24-,31-29-,34-33-,43-30-,49-47-. The molecular weight excluding hydrogens is 1100 g/mol. The van der Waals surface area contributed by atoms with Gasteiger partial charge < -0.3 is 20.1 Å². The molecule has 0 saturated carbocycles. The summed E-state index contributed by atoms with van der Waals surface area (Å²) in [6.45, 7) is 3.52. The third-order valence-corrected chi connectivity index (χ3v) is 15.7. The van der Waals surface area contributed by atoms with E-state index in [2.05, 4.69) is 160 Å². The van der Waals surface area contributed by atoms with E-state index in [1.165, 1.54) is 135 Å².